The van der Waals surface area contributed by atoms with Crippen molar-refractivity contribution in [1.29, 1.82) is 0 Å². The summed E-state index contributed by atoms with van der Waals surface area (Å²) < 4.78 is 5.37. The summed E-state index contributed by atoms with van der Waals surface area (Å²) in [5.74, 6) is -0.147. The molecule has 0 aromatic heterocycles. The third kappa shape index (κ3) is 5.60. The molecule has 2 aromatic carbocycles. The zero-order valence-electron chi connectivity index (χ0n) is 14.4. The van der Waals surface area contributed by atoms with Crippen LogP contribution in [0.1, 0.15) is 18.4 Å². The van der Waals surface area contributed by atoms with Crippen LogP contribution in [0, 0.1) is 0 Å². The molecule has 27 heavy (non-hydrogen) atoms. The normalized spacial score (nSPS) is 16.0. The number of anilines is 2. The molecule has 8 heteroatoms. The number of hydrogen-bond donors (Lipinski definition) is 3. The minimum absolute atomic E-state index is 0.147. The molecule has 1 fully saturated rings. The zero-order valence-corrected chi connectivity index (χ0v) is 15.9. The molecule has 3 rings (SSSR count). The second-order valence-electron chi connectivity index (χ2n) is 6.12. The van der Waals surface area contributed by atoms with E-state index in [1.165, 1.54) is 0 Å². The standard InChI is InChI=1S/C19H19Cl2N3O3/c20-13-6-7-15(21)16(10-13)24-19(26)22-11-12-3-1-4-14(9-12)23-18(25)17-5-2-8-27-17/h1,3-4,6-7,9-10,17H,2,5,8,11H2,(H,23,25)(H2,22,24,26). The van der Waals surface area contributed by atoms with Crippen LogP contribution in [-0.4, -0.2) is 24.6 Å². The monoisotopic (exact) mass is 407 g/mol. The van der Waals surface area contributed by atoms with Gasteiger partial charge in [-0.05, 0) is 48.7 Å². The Morgan fingerprint density at radius 3 is 2.74 bits per heavy atom. The van der Waals surface area contributed by atoms with Gasteiger partial charge in [-0.1, -0.05) is 35.3 Å². The van der Waals surface area contributed by atoms with E-state index in [9.17, 15) is 9.59 Å². The number of urea groups is 1. The third-order valence-electron chi connectivity index (χ3n) is 4.05. The van der Waals surface area contributed by atoms with Crippen molar-refractivity contribution in [1.82, 2.24) is 5.32 Å². The van der Waals surface area contributed by atoms with Crippen LogP contribution >= 0.6 is 23.2 Å². The van der Waals surface area contributed by atoms with E-state index in [4.69, 9.17) is 27.9 Å². The quantitative estimate of drug-likeness (QED) is 0.685. The lowest BCUT2D eigenvalue weighted by Gasteiger charge is -2.12. The van der Waals surface area contributed by atoms with Gasteiger partial charge in [0.15, 0.2) is 0 Å². The molecule has 3 amide bonds. The predicted molar refractivity (Wildman–Crippen MR) is 106 cm³/mol. The van der Waals surface area contributed by atoms with E-state index in [2.05, 4.69) is 16.0 Å². The third-order valence-corrected chi connectivity index (χ3v) is 4.61. The van der Waals surface area contributed by atoms with Crippen LogP contribution in [0.2, 0.25) is 10.0 Å². The van der Waals surface area contributed by atoms with Crippen LogP contribution in [0.25, 0.3) is 0 Å². The summed E-state index contributed by atoms with van der Waals surface area (Å²) in [6.07, 6.45) is 1.24. The van der Waals surface area contributed by atoms with Gasteiger partial charge < -0.3 is 20.7 Å². The van der Waals surface area contributed by atoms with Crippen LogP contribution in [0.3, 0.4) is 0 Å². The summed E-state index contributed by atoms with van der Waals surface area (Å²) >= 11 is 11.9. The molecule has 2 aromatic rings. The van der Waals surface area contributed by atoms with Crippen molar-refractivity contribution in [3.63, 3.8) is 0 Å². The van der Waals surface area contributed by atoms with Crippen LogP contribution in [-0.2, 0) is 16.1 Å². The van der Waals surface area contributed by atoms with Crippen molar-refractivity contribution in [3.8, 4) is 0 Å². The molecule has 1 unspecified atom stereocenters. The largest absolute Gasteiger partial charge is 0.368 e. The number of carbonyl (C=O) groups is 2. The Labute approximate surface area is 167 Å². The molecule has 3 N–H and O–H groups in total. The molecule has 1 aliphatic rings. The molecule has 142 valence electrons. The van der Waals surface area contributed by atoms with E-state index in [0.717, 1.165) is 18.4 Å². The van der Waals surface area contributed by atoms with Gasteiger partial charge in [-0.25, -0.2) is 4.79 Å². The van der Waals surface area contributed by atoms with Gasteiger partial charge >= 0.3 is 6.03 Å². The fourth-order valence-corrected chi connectivity index (χ4v) is 3.05. The van der Waals surface area contributed by atoms with Crippen LogP contribution in [0.4, 0.5) is 16.2 Å². The van der Waals surface area contributed by atoms with Crippen LogP contribution in [0.5, 0.6) is 0 Å². The lowest BCUT2D eigenvalue weighted by atomic mass is 10.2. The Morgan fingerprint density at radius 2 is 1.96 bits per heavy atom. The Kier molecular flexibility index (Phi) is 6.55. The number of ether oxygens (including phenoxy) is 1. The minimum Gasteiger partial charge on any atom is -0.368 e. The number of halogens is 2. The Balaban J connectivity index is 1.54. The number of nitrogens with one attached hydrogen (secondary N) is 3. The SMILES string of the molecule is O=C(NCc1cccc(NC(=O)C2CCCO2)c1)Nc1cc(Cl)ccc1Cl. The summed E-state index contributed by atoms with van der Waals surface area (Å²) in [5, 5.41) is 9.11. The van der Waals surface area contributed by atoms with Crippen molar-refractivity contribution >= 4 is 46.5 Å². The molecule has 1 heterocycles. The van der Waals surface area contributed by atoms with Gasteiger partial charge in [0.25, 0.3) is 5.91 Å². The lowest BCUT2D eigenvalue weighted by molar-refractivity contribution is -0.124. The van der Waals surface area contributed by atoms with Gasteiger partial charge in [-0.15, -0.1) is 0 Å². The molecule has 1 atom stereocenters. The summed E-state index contributed by atoms with van der Waals surface area (Å²) in [4.78, 5) is 24.2. The minimum atomic E-state index is -0.409. The number of benzene rings is 2. The average Bonchev–Trinajstić information content (AvgIpc) is 3.18. The van der Waals surface area contributed by atoms with Crippen molar-refractivity contribution in [3.05, 3.63) is 58.1 Å². The van der Waals surface area contributed by atoms with Crippen molar-refractivity contribution in [2.24, 2.45) is 0 Å². The molecule has 0 radical (unpaired) electrons. The van der Waals surface area contributed by atoms with Crippen molar-refractivity contribution < 1.29 is 14.3 Å². The maximum absolute atomic E-state index is 12.1. The van der Waals surface area contributed by atoms with E-state index in [1.54, 1.807) is 30.3 Å². The fraction of sp³-hybridized carbons (Fsp3) is 0.263. The lowest BCUT2D eigenvalue weighted by Crippen LogP contribution is -2.28. The summed E-state index contributed by atoms with van der Waals surface area (Å²) in [6.45, 7) is 0.904. The Morgan fingerprint density at radius 1 is 1.11 bits per heavy atom. The molecule has 6 nitrogen and oxygen atoms in total. The van der Waals surface area contributed by atoms with Gasteiger partial charge in [0.1, 0.15) is 6.10 Å². The first-order valence-electron chi connectivity index (χ1n) is 8.52. The van der Waals surface area contributed by atoms with Gasteiger partial charge in [0, 0.05) is 23.9 Å². The van der Waals surface area contributed by atoms with Crippen LogP contribution in [0.15, 0.2) is 42.5 Å². The summed E-state index contributed by atoms with van der Waals surface area (Å²) in [7, 11) is 0. The molecule has 0 saturated carbocycles. The van der Waals surface area contributed by atoms with Crippen molar-refractivity contribution in [2.75, 3.05) is 17.2 Å². The maximum Gasteiger partial charge on any atom is 0.319 e. The number of rotatable bonds is 5. The predicted octanol–water partition coefficient (Wildman–Crippen LogP) is 4.43. The molecule has 0 aliphatic carbocycles. The highest BCUT2D eigenvalue weighted by Gasteiger charge is 2.23. The molecular weight excluding hydrogens is 389 g/mol. The molecular formula is C19H19Cl2N3O3. The van der Waals surface area contributed by atoms with Gasteiger partial charge in [0.05, 0.1) is 10.7 Å². The van der Waals surface area contributed by atoms with Gasteiger partial charge in [-0.2, -0.15) is 0 Å². The summed E-state index contributed by atoms with van der Waals surface area (Å²) in [5.41, 5.74) is 1.93. The highest BCUT2D eigenvalue weighted by molar-refractivity contribution is 6.35. The number of hydrogen-bond acceptors (Lipinski definition) is 3. The second kappa shape index (κ2) is 9.08. The molecule has 1 saturated heterocycles. The molecule has 1 aliphatic heterocycles. The second-order valence-corrected chi connectivity index (χ2v) is 6.97. The highest BCUT2D eigenvalue weighted by atomic mass is 35.5. The van der Waals surface area contributed by atoms with E-state index < -0.39 is 6.03 Å². The van der Waals surface area contributed by atoms with E-state index in [0.29, 0.717) is 28.0 Å². The van der Waals surface area contributed by atoms with Gasteiger partial charge in [0.2, 0.25) is 0 Å². The molecule has 0 bridgehead atoms. The number of amides is 3. The Bertz CT molecular complexity index is 839. The van der Waals surface area contributed by atoms with Crippen LogP contribution < -0.4 is 16.0 Å². The van der Waals surface area contributed by atoms with Crippen molar-refractivity contribution in [2.45, 2.75) is 25.5 Å². The summed E-state index contributed by atoms with van der Waals surface area (Å²) in [6, 6.07) is 11.7. The number of carbonyl (C=O) groups excluding carboxylic acids is 2. The maximum atomic E-state index is 12.1. The highest BCUT2D eigenvalue weighted by Crippen LogP contribution is 2.25. The molecule has 0 spiro atoms. The smallest absolute Gasteiger partial charge is 0.319 e. The topological polar surface area (TPSA) is 79.5 Å². The van der Waals surface area contributed by atoms with Gasteiger partial charge in [-0.3, -0.25) is 4.79 Å². The van der Waals surface area contributed by atoms with E-state index >= 15 is 0 Å². The van der Waals surface area contributed by atoms with E-state index in [-0.39, 0.29) is 18.6 Å². The zero-order chi connectivity index (χ0) is 19.2. The average molecular weight is 408 g/mol. The Hall–Kier alpha value is -2.28. The first-order chi connectivity index (χ1) is 13.0. The van der Waals surface area contributed by atoms with E-state index in [1.807, 2.05) is 12.1 Å². The first-order valence-corrected chi connectivity index (χ1v) is 9.28. The first kappa shape index (κ1) is 19.5. The fourth-order valence-electron chi connectivity index (χ4n) is 2.71.